The van der Waals surface area contributed by atoms with Gasteiger partial charge in [-0.05, 0) is 11.6 Å². The number of rotatable bonds is 2. The van der Waals surface area contributed by atoms with E-state index in [4.69, 9.17) is 4.74 Å². The lowest BCUT2D eigenvalue weighted by Gasteiger charge is -2.39. The highest BCUT2D eigenvalue weighted by molar-refractivity contribution is 5.97. The number of methoxy groups -OCH3 is 1. The standard InChI is InChI=1S/C13H17NO2/c1-13(2)9-6-4-5-7-11(9)14-12(15)10(13)8-16-3/h4-7,10H,8H2,1-3H3,(H,14,15). The molecular weight excluding hydrogens is 202 g/mol. The van der Waals surface area contributed by atoms with E-state index in [2.05, 4.69) is 25.2 Å². The number of fused-ring (bicyclic) bond motifs is 1. The third-order valence-corrected chi connectivity index (χ3v) is 3.40. The Hall–Kier alpha value is -1.35. The summed E-state index contributed by atoms with van der Waals surface area (Å²) in [5, 5.41) is 2.93. The van der Waals surface area contributed by atoms with Crippen molar-refractivity contribution in [1.29, 1.82) is 0 Å². The van der Waals surface area contributed by atoms with Crippen molar-refractivity contribution >= 4 is 11.6 Å². The first kappa shape index (κ1) is 11.1. The van der Waals surface area contributed by atoms with Gasteiger partial charge in [0.1, 0.15) is 0 Å². The zero-order valence-corrected chi connectivity index (χ0v) is 9.91. The topological polar surface area (TPSA) is 38.3 Å². The Morgan fingerprint density at radius 2 is 2.06 bits per heavy atom. The molecule has 0 saturated heterocycles. The highest BCUT2D eigenvalue weighted by atomic mass is 16.5. The lowest BCUT2D eigenvalue weighted by Crippen LogP contribution is -2.45. The van der Waals surface area contributed by atoms with Gasteiger partial charge >= 0.3 is 0 Å². The fourth-order valence-electron chi connectivity index (χ4n) is 2.34. The zero-order valence-electron chi connectivity index (χ0n) is 9.91. The molecule has 0 radical (unpaired) electrons. The van der Waals surface area contributed by atoms with Crippen LogP contribution >= 0.6 is 0 Å². The van der Waals surface area contributed by atoms with Gasteiger partial charge in [0.25, 0.3) is 0 Å². The summed E-state index contributed by atoms with van der Waals surface area (Å²) in [6.45, 7) is 4.63. The molecule has 1 heterocycles. The van der Waals surface area contributed by atoms with Gasteiger partial charge in [-0.3, -0.25) is 4.79 Å². The van der Waals surface area contributed by atoms with E-state index in [-0.39, 0.29) is 17.2 Å². The molecule has 3 heteroatoms. The predicted molar refractivity (Wildman–Crippen MR) is 63.5 cm³/mol. The van der Waals surface area contributed by atoms with Crippen molar-refractivity contribution in [3.05, 3.63) is 29.8 Å². The predicted octanol–water partition coefficient (Wildman–Crippen LogP) is 2.18. The Morgan fingerprint density at radius 3 is 2.75 bits per heavy atom. The Bertz CT molecular complexity index is 412. The van der Waals surface area contributed by atoms with Gasteiger partial charge in [-0.15, -0.1) is 0 Å². The Balaban J connectivity index is 2.47. The summed E-state index contributed by atoms with van der Waals surface area (Å²) in [7, 11) is 1.63. The monoisotopic (exact) mass is 219 g/mol. The molecule has 86 valence electrons. The molecule has 1 aliphatic rings. The molecular formula is C13H17NO2. The van der Waals surface area contributed by atoms with Crippen LogP contribution in [0.4, 0.5) is 5.69 Å². The lowest BCUT2D eigenvalue weighted by atomic mass is 9.70. The van der Waals surface area contributed by atoms with Crippen molar-refractivity contribution in [3.63, 3.8) is 0 Å². The maximum atomic E-state index is 12.0. The second-order valence-corrected chi connectivity index (χ2v) is 4.76. The molecule has 16 heavy (non-hydrogen) atoms. The van der Waals surface area contributed by atoms with E-state index in [1.54, 1.807) is 7.11 Å². The number of para-hydroxylation sites is 1. The van der Waals surface area contributed by atoms with Gasteiger partial charge in [0.15, 0.2) is 0 Å². The van der Waals surface area contributed by atoms with Crippen LogP contribution in [0.15, 0.2) is 24.3 Å². The number of hydrogen-bond acceptors (Lipinski definition) is 2. The van der Waals surface area contributed by atoms with Crippen LogP contribution < -0.4 is 5.32 Å². The van der Waals surface area contributed by atoms with E-state index in [9.17, 15) is 4.79 Å². The fourth-order valence-corrected chi connectivity index (χ4v) is 2.34. The number of ether oxygens (including phenoxy) is 1. The Morgan fingerprint density at radius 1 is 1.38 bits per heavy atom. The van der Waals surface area contributed by atoms with Gasteiger partial charge in [0.05, 0.1) is 12.5 Å². The fraction of sp³-hybridized carbons (Fsp3) is 0.462. The molecule has 0 saturated carbocycles. The number of amides is 1. The van der Waals surface area contributed by atoms with Gasteiger partial charge < -0.3 is 10.1 Å². The molecule has 2 rings (SSSR count). The average molecular weight is 219 g/mol. The molecule has 0 aliphatic carbocycles. The lowest BCUT2D eigenvalue weighted by molar-refractivity contribution is -0.124. The number of anilines is 1. The molecule has 1 aromatic carbocycles. The number of benzene rings is 1. The summed E-state index contributed by atoms with van der Waals surface area (Å²) < 4.78 is 5.14. The molecule has 1 N–H and O–H groups in total. The third kappa shape index (κ3) is 1.61. The quantitative estimate of drug-likeness (QED) is 0.828. The van der Waals surface area contributed by atoms with E-state index >= 15 is 0 Å². The minimum Gasteiger partial charge on any atom is -0.384 e. The van der Waals surface area contributed by atoms with E-state index < -0.39 is 0 Å². The van der Waals surface area contributed by atoms with E-state index in [1.165, 1.54) is 5.56 Å². The van der Waals surface area contributed by atoms with E-state index in [0.717, 1.165) is 5.69 Å². The average Bonchev–Trinajstić information content (AvgIpc) is 2.24. The molecule has 1 amide bonds. The van der Waals surface area contributed by atoms with Gasteiger partial charge in [0.2, 0.25) is 5.91 Å². The summed E-state index contributed by atoms with van der Waals surface area (Å²) in [6, 6.07) is 7.95. The first-order valence-electron chi connectivity index (χ1n) is 5.46. The van der Waals surface area contributed by atoms with E-state index in [1.807, 2.05) is 18.2 Å². The molecule has 1 unspecified atom stereocenters. The van der Waals surface area contributed by atoms with Crippen molar-refractivity contribution in [2.75, 3.05) is 19.0 Å². The summed E-state index contributed by atoms with van der Waals surface area (Å²) >= 11 is 0. The number of nitrogens with one attached hydrogen (secondary N) is 1. The van der Waals surface area contributed by atoms with Gasteiger partial charge in [-0.2, -0.15) is 0 Å². The highest BCUT2D eigenvalue weighted by Gasteiger charge is 2.41. The summed E-state index contributed by atoms with van der Waals surface area (Å²) in [5.74, 6) is -0.0852. The molecule has 1 aliphatic heterocycles. The van der Waals surface area contributed by atoms with Crippen LogP contribution in [0.1, 0.15) is 19.4 Å². The van der Waals surface area contributed by atoms with Crippen LogP contribution in [0.25, 0.3) is 0 Å². The van der Waals surface area contributed by atoms with Crippen LogP contribution in [0.3, 0.4) is 0 Å². The highest BCUT2D eigenvalue weighted by Crippen LogP contribution is 2.40. The molecule has 3 nitrogen and oxygen atoms in total. The summed E-state index contributed by atoms with van der Waals surface area (Å²) in [5.41, 5.74) is 1.91. The van der Waals surface area contributed by atoms with Crippen LogP contribution in [0, 0.1) is 5.92 Å². The van der Waals surface area contributed by atoms with Crippen molar-refractivity contribution in [2.45, 2.75) is 19.3 Å². The van der Waals surface area contributed by atoms with Crippen LogP contribution in [0.5, 0.6) is 0 Å². The minimum atomic E-state index is -0.186. The summed E-state index contributed by atoms with van der Waals surface area (Å²) in [4.78, 5) is 12.0. The van der Waals surface area contributed by atoms with Crippen molar-refractivity contribution in [1.82, 2.24) is 0 Å². The maximum absolute atomic E-state index is 12.0. The largest absolute Gasteiger partial charge is 0.384 e. The molecule has 0 fully saturated rings. The number of hydrogen-bond donors (Lipinski definition) is 1. The Kier molecular flexibility index (Phi) is 2.72. The van der Waals surface area contributed by atoms with Crippen molar-refractivity contribution < 1.29 is 9.53 Å². The van der Waals surface area contributed by atoms with Gasteiger partial charge in [-0.1, -0.05) is 32.0 Å². The van der Waals surface area contributed by atoms with Crippen molar-refractivity contribution in [2.24, 2.45) is 5.92 Å². The smallest absolute Gasteiger partial charge is 0.230 e. The van der Waals surface area contributed by atoms with Gasteiger partial charge in [-0.25, -0.2) is 0 Å². The first-order valence-corrected chi connectivity index (χ1v) is 5.46. The molecule has 1 aromatic rings. The van der Waals surface area contributed by atoms with Crippen LogP contribution in [-0.4, -0.2) is 19.6 Å². The van der Waals surface area contributed by atoms with E-state index in [0.29, 0.717) is 6.61 Å². The molecule has 0 spiro atoms. The SMILES string of the molecule is COCC1C(=O)Nc2ccccc2C1(C)C. The molecule has 1 atom stereocenters. The normalized spacial score (nSPS) is 22.4. The Labute approximate surface area is 95.8 Å². The van der Waals surface area contributed by atoms with Crippen molar-refractivity contribution in [3.8, 4) is 0 Å². The summed E-state index contributed by atoms with van der Waals surface area (Å²) in [6.07, 6.45) is 0. The first-order chi connectivity index (χ1) is 7.57. The second-order valence-electron chi connectivity index (χ2n) is 4.76. The molecule has 0 aromatic heterocycles. The third-order valence-electron chi connectivity index (χ3n) is 3.40. The second kappa shape index (κ2) is 3.91. The number of carbonyl (C=O) groups is 1. The minimum absolute atomic E-state index is 0.0468. The number of carbonyl (C=O) groups excluding carboxylic acids is 1. The molecule has 0 bridgehead atoms. The van der Waals surface area contributed by atoms with Crippen LogP contribution in [0.2, 0.25) is 0 Å². The van der Waals surface area contributed by atoms with Crippen LogP contribution in [-0.2, 0) is 14.9 Å². The zero-order chi connectivity index (χ0) is 11.8. The van der Waals surface area contributed by atoms with Gasteiger partial charge in [0, 0.05) is 18.2 Å². The maximum Gasteiger partial charge on any atom is 0.230 e.